The Kier molecular flexibility index (Phi) is 5.04. The third kappa shape index (κ3) is 3.31. The van der Waals surface area contributed by atoms with Gasteiger partial charge in [-0.1, -0.05) is 18.2 Å². The van der Waals surface area contributed by atoms with Gasteiger partial charge in [-0.25, -0.2) is 4.98 Å². The lowest BCUT2D eigenvalue weighted by molar-refractivity contribution is 0.352. The number of nitrogens with one attached hydrogen (secondary N) is 1. The molecular weight excluding hydrogens is 326 g/mol. The number of hydrogen-bond donors (Lipinski definition) is 1. The highest BCUT2D eigenvalue weighted by molar-refractivity contribution is 5.90. The molecule has 0 fully saturated rings. The van der Waals surface area contributed by atoms with Crippen molar-refractivity contribution in [3.05, 3.63) is 66.0 Å². The summed E-state index contributed by atoms with van der Waals surface area (Å²) in [6.45, 7) is 3.79. The Hall–Kier alpha value is -3.52. The smallest absolute Gasteiger partial charge is 0.164 e. The first-order chi connectivity index (χ1) is 12.7. The maximum Gasteiger partial charge on any atom is 0.164 e. The Morgan fingerprint density at radius 2 is 2.08 bits per heavy atom. The van der Waals surface area contributed by atoms with Crippen molar-refractivity contribution in [2.45, 2.75) is 6.42 Å². The molecule has 0 radical (unpaired) electrons. The van der Waals surface area contributed by atoms with Gasteiger partial charge in [0.25, 0.3) is 0 Å². The lowest BCUT2D eigenvalue weighted by Gasteiger charge is -2.13. The fraction of sp³-hybridized carbons (Fsp3) is 0.143. The third-order valence-electron chi connectivity index (χ3n) is 4.02. The van der Waals surface area contributed by atoms with E-state index >= 15 is 0 Å². The highest BCUT2D eigenvalue weighted by Crippen LogP contribution is 2.34. The van der Waals surface area contributed by atoms with Crippen molar-refractivity contribution in [2.75, 3.05) is 14.2 Å². The average Bonchev–Trinajstić information content (AvgIpc) is 3.09. The van der Waals surface area contributed by atoms with Crippen LogP contribution in [0.1, 0.15) is 17.0 Å². The number of methoxy groups -OCH3 is 2. The van der Waals surface area contributed by atoms with E-state index in [-0.39, 0.29) is 0 Å². The second kappa shape index (κ2) is 7.58. The molecule has 0 atom stereocenters. The molecule has 0 spiro atoms. The highest BCUT2D eigenvalue weighted by atomic mass is 16.5. The van der Waals surface area contributed by atoms with Crippen LogP contribution in [0.15, 0.2) is 49.1 Å². The van der Waals surface area contributed by atoms with Gasteiger partial charge in [0.2, 0.25) is 0 Å². The first-order valence-corrected chi connectivity index (χ1v) is 8.13. The van der Waals surface area contributed by atoms with Crippen LogP contribution in [0.25, 0.3) is 22.7 Å². The summed E-state index contributed by atoms with van der Waals surface area (Å²) >= 11 is 0. The monoisotopic (exact) mass is 345 g/mol. The molecule has 5 nitrogen and oxygen atoms in total. The van der Waals surface area contributed by atoms with Crippen LogP contribution in [-0.4, -0.2) is 24.2 Å². The molecule has 3 aromatic rings. The number of para-hydroxylation sites is 2. The van der Waals surface area contributed by atoms with Crippen LogP contribution in [-0.2, 0) is 6.42 Å². The van der Waals surface area contributed by atoms with E-state index in [9.17, 15) is 5.26 Å². The molecule has 3 rings (SSSR count). The number of fused-ring (bicyclic) bond motifs is 1. The van der Waals surface area contributed by atoms with Gasteiger partial charge in [-0.3, -0.25) is 0 Å². The van der Waals surface area contributed by atoms with E-state index in [0.717, 1.165) is 22.2 Å². The average molecular weight is 345 g/mol. The van der Waals surface area contributed by atoms with Gasteiger partial charge < -0.3 is 14.5 Å². The number of imidazole rings is 1. The van der Waals surface area contributed by atoms with Gasteiger partial charge in [-0.2, -0.15) is 5.26 Å². The number of benzene rings is 2. The molecule has 130 valence electrons. The van der Waals surface area contributed by atoms with Crippen LogP contribution in [0.3, 0.4) is 0 Å². The number of nitriles is 1. The lowest BCUT2D eigenvalue weighted by atomic mass is 10.0. The number of allylic oxidation sites excluding steroid dienone is 2. The van der Waals surface area contributed by atoms with Gasteiger partial charge in [-0.05, 0) is 42.3 Å². The molecule has 0 aliphatic rings. The normalized spacial score (nSPS) is 11.2. The van der Waals surface area contributed by atoms with Crippen molar-refractivity contribution in [1.82, 2.24) is 9.97 Å². The van der Waals surface area contributed by atoms with Crippen molar-refractivity contribution in [3.8, 4) is 17.6 Å². The highest BCUT2D eigenvalue weighted by Gasteiger charge is 2.13. The molecule has 1 heterocycles. The minimum absolute atomic E-state index is 0.443. The predicted octanol–water partition coefficient (Wildman–Crippen LogP) is 4.37. The molecule has 1 aromatic heterocycles. The van der Waals surface area contributed by atoms with E-state index in [2.05, 4.69) is 22.6 Å². The van der Waals surface area contributed by atoms with E-state index in [0.29, 0.717) is 29.3 Å². The number of H-pyrrole nitrogens is 1. The van der Waals surface area contributed by atoms with Gasteiger partial charge >= 0.3 is 0 Å². The number of hydrogen-bond acceptors (Lipinski definition) is 4. The molecule has 0 aliphatic heterocycles. The van der Waals surface area contributed by atoms with Gasteiger partial charge in [-0.15, -0.1) is 6.58 Å². The fourth-order valence-electron chi connectivity index (χ4n) is 2.86. The first kappa shape index (κ1) is 17.3. The number of nitrogens with zero attached hydrogens (tertiary/aromatic N) is 2. The molecular formula is C21H19N3O2. The molecule has 0 aliphatic carbocycles. The van der Waals surface area contributed by atoms with Crippen LogP contribution < -0.4 is 9.47 Å². The zero-order valence-electron chi connectivity index (χ0n) is 14.7. The Morgan fingerprint density at radius 3 is 2.73 bits per heavy atom. The molecule has 0 bridgehead atoms. The molecule has 0 saturated carbocycles. The van der Waals surface area contributed by atoms with Gasteiger partial charge in [0.15, 0.2) is 11.5 Å². The molecule has 26 heavy (non-hydrogen) atoms. The minimum atomic E-state index is 0.443. The lowest BCUT2D eigenvalue weighted by Crippen LogP contribution is -1.97. The van der Waals surface area contributed by atoms with Crippen molar-refractivity contribution < 1.29 is 9.47 Å². The zero-order chi connectivity index (χ0) is 18.5. The number of aromatic nitrogens is 2. The summed E-state index contributed by atoms with van der Waals surface area (Å²) in [6, 6.07) is 13.7. The van der Waals surface area contributed by atoms with E-state index < -0.39 is 0 Å². The Bertz CT molecular complexity index is 992. The summed E-state index contributed by atoms with van der Waals surface area (Å²) in [5, 5.41) is 9.62. The predicted molar refractivity (Wildman–Crippen MR) is 103 cm³/mol. The van der Waals surface area contributed by atoms with Crippen molar-refractivity contribution in [1.29, 1.82) is 5.26 Å². The van der Waals surface area contributed by atoms with E-state index in [1.54, 1.807) is 26.4 Å². The van der Waals surface area contributed by atoms with Crippen LogP contribution in [0, 0.1) is 11.3 Å². The fourth-order valence-corrected chi connectivity index (χ4v) is 2.86. The molecule has 0 saturated heterocycles. The summed E-state index contributed by atoms with van der Waals surface area (Å²) in [5.74, 6) is 1.82. The molecule has 1 N–H and O–H groups in total. The maximum absolute atomic E-state index is 9.62. The first-order valence-electron chi connectivity index (χ1n) is 8.13. The molecule has 5 heteroatoms. The Labute approximate surface area is 152 Å². The number of ether oxygens (including phenoxy) is 2. The molecule has 0 unspecified atom stereocenters. The van der Waals surface area contributed by atoms with E-state index in [1.165, 1.54) is 0 Å². The van der Waals surface area contributed by atoms with Crippen molar-refractivity contribution in [3.63, 3.8) is 0 Å². The SMILES string of the molecule is C=CCc1cc(/C=C(\C#N)c2nc3ccccc3[nH]2)cc(OC)c1OC. The second-order valence-electron chi connectivity index (χ2n) is 5.68. The van der Waals surface area contributed by atoms with Gasteiger partial charge in [0.1, 0.15) is 11.9 Å². The second-order valence-corrected chi connectivity index (χ2v) is 5.68. The topological polar surface area (TPSA) is 70.9 Å². The van der Waals surface area contributed by atoms with E-state index in [1.807, 2.05) is 36.4 Å². The van der Waals surface area contributed by atoms with Crippen LogP contribution in [0.2, 0.25) is 0 Å². The summed E-state index contributed by atoms with van der Waals surface area (Å²) in [6.07, 6.45) is 4.22. The summed E-state index contributed by atoms with van der Waals surface area (Å²) in [5.41, 5.74) is 3.93. The third-order valence-corrected chi connectivity index (χ3v) is 4.02. The summed E-state index contributed by atoms with van der Waals surface area (Å²) in [4.78, 5) is 7.68. The molecule has 2 aromatic carbocycles. The molecule has 0 amide bonds. The van der Waals surface area contributed by atoms with Crippen LogP contribution in [0.5, 0.6) is 11.5 Å². The largest absolute Gasteiger partial charge is 0.493 e. The standard InChI is InChI=1S/C21H19N3O2/c1-4-7-15-10-14(12-19(25-2)20(15)26-3)11-16(13-22)21-23-17-8-5-6-9-18(17)24-21/h4-6,8-12H,1,7H2,2-3H3,(H,23,24)/b16-11+. The maximum atomic E-state index is 9.62. The Balaban J connectivity index is 2.10. The van der Waals surface area contributed by atoms with Crippen molar-refractivity contribution >= 4 is 22.7 Å². The van der Waals surface area contributed by atoms with Crippen LogP contribution >= 0.6 is 0 Å². The van der Waals surface area contributed by atoms with Crippen molar-refractivity contribution in [2.24, 2.45) is 0 Å². The quantitative estimate of drug-likeness (QED) is 0.532. The number of aromatic amines is 1. The van der Waals surface area contributed by atoms with E-state index in [4.69, 9.17) is 9.47 Å². The van der Waals surface area contributed by atoms with Gasteiger partial charge in [0, 0.05) is 5.56 Å². The summed E-state index contributed by atoms with van der Waals surface area (Å²) < 4.78 is 10.9. The van der Waals surface area contributed by atoms with Gasteiger partial charge in [0.05, 0.1) is 30.8 Å². The zero-order valence-corrected chi connectivity index (χ0v) is 14.7. The summed E-state index contributed by atoms with van der Waals surface area (Å²) in [7, 11) is 3.20. The Morgan fingerprint density at radius 1 is 1.27 bits per heavy atom. The van der Waals surface area contributed by atoms with Crippen LogP contribution in [0.4, 0.5) is 0 Å². The number of rotatable bonds is 6. The minimum Gasteiger partial charge on any atom is -0.493 e.